The Kier molecular flexibility index (Phi) is 4.40. The number of hydrogen-bond donors (Lipinski definition) is 2. The molecule has 0 aliphatic carbocycles. The topological polar surface area (TPSA) is 84.3 Å². The predicted octanol–water partition coefficient (Wildman–Crippen LogP) is 3.16. The quantitative estimate of drug-likeness (QED) is 0.547. The van der Waals surface area contributed by atoms with Crippen LogP contribution in [0.4, 0.5) is 5.69 Å². The molecule has 0 aliphatic rings. The SMILES string of the molecule is CCOc1ccc(NCc2cc(=O)n3[nH]c(-c4cccs4)nc3n2)cc1. The van der Waals surface area contributed by atoms with Gasteiger partial charge in [-0.3, -0.25) is 9.89 Å². The maximum absolute atomic E-state index is 12.3. The van der Waals surface area contributed by atoms with Gasteiger partial charge in [-0.25, -0.2) is 4.98 Å². The van der Waals surface area contributed by atoms with Crippen LogP contribution in [0.2, 0.25) is 0 Å². The van der Waals surface area contributed by atoms with E-state index >= 15 is 0 Å². The summed E-state index contributed by atoms with van der Waals surface area (Å²) in [7, 11) is 0. The summed E-state index contributed by atoms with van der Waals surface area (Å²) < 4.78 is 6.78. The van der Waals surface area contributed by atoms with Crippen LogP contribution in [-0.2, 0) is 6.54 Å². The number of rotatable bonds is 6. The van der Waals surface area contributed by atoms with E-state index in [1.54, 1.807) is 11.3 Å². The molecule has 0 bridgehead atoms. The first kappa shape index (κ1) is 16.3. The second kappa shape index (κ2) is 7.01. The number of ether oxygens (including phenoxy) is 1. The molecular formula is C18H17N5O2S. The van der Waals surface area contributed by atoms with Crippen LogP contribution in [0.25, 0.3) is 16.5 Å². The highest BCUT2D eigenvalue weighted by molar-refractivity contribution is 7.13. The molecule has 4 rings (SSSR count). The van der Waals surface area contributed by atoms with E-state index in [2.05, 4.69) is 20.4 Å². The van der Waals surface area contributed by atoms with E-state index in [1.807, 2.05) is 48.7 Å². The highest BCUT2D eigenvalue weighted by atomic mass is 32.1. The third kappa shape index (κ3) is 3.31. The molecule has 0 atom stereocenters. The lowest BCUT2D eigenvalue weighted by Crippen LogP contribution is -2.17. The van der Waals surface area contributed by atoms with Crippen molar-refractivity contribution in [2.24, 2.45) is 0 Å². The molecule has 0 amide bonds. The van der Waals surface area contributed by atoms with Gasteiger partial charge < -0.3 is 10.1 Å². The zero-order chi connectivity index (χ0) is 17.9. The van der Waals surface area contributed by atoms with Gasteiger partial charge in [0.15, 0.2) is 5.82 Å². The number of anilines is 1. The molecule has 0 radical (unpaired) electrons. The minimum atomic E-state index is -0.186. The molecule has 7 nitrogen and oxygen atoms in total. The number of thiophene rings is 1. The second-order valence-corrected chi connectivity index (χ2v) is 6.53. The van der Waals surface area contributed by atoms with Crippen LogP contribution in [0, 0.1) is 0 Å². The number of aromatic amines is 1. The van der Waals surface area contributed by atoms with E-state index in [4.69, 9.17) is 4.74 Å². The maximum atomic E-state index is 12.3. The van der Waals surface area contributed by atoms with Gasteiger partial charge in [0, 0.05) is 11.8 Å². The lowest BCUT2D eigenvalue weighted by Gasteiger charge is -2.07. The molecule has 3 heterocycles. The number of nitrogens with zero attached hydrogens (tertiary/aromatic N) is 3. The Morgan fingerprint density at radius 1 is 1.23 bits per heavy atom. The highest BCUT2D eigenvalue weighted by Gasteiger charge is 2.10. The number of hydrogen-bond acceptors (Lipinski definition) is 6. The summed E-state index contributed by atoms with van der Waals surface area (Å²) in [5.41, 5.74) is 1.37. The van der Waals surface area contributed by atoms with Gasteiger partial charge in [0.05, 0.1) is 23.7 Å². The zero-order valence-corrected chi connectivity index (χ0v) is 14.9. The number of benzene rings is 1. The second-order valence-electron chi connectivity index (χ2n) is 5.58. The third-order valence-electron chi connectivity index (χ3n) is 3.78. The number of H-pyrrole nitrogens is 1. The Bertz CT molecular complexity index is 1070. The highest BCUT2D eigenvalue weighted by Crippen LogP contribution is 2.21. The summed E-state index contributed by atoms with van der Waals surface area (Å²) in [6.45, 7) is 3.02. The fraction of sp³-hybridized carbons (Fsp3) is 0.167. The summed E-state index contributed by atoms with van der Waals surface area (Å²) in [4.78, 5) is 22.2. The lowest BCUT2D eigenvalue weighted by molar-refractivity contribution is 0.340. The van der Waals surface area contributed by atoms with E-state index in [1.165, 1.54) is 10.6 Å². The molecule has 0 spiro atoms. The lowest BCUT2D eigenvalue weighted by atomic mass is 10.3. The predicted molar refractivity (Wildman–Crippen MR) is 102 cm³/mol. The fourth-order valence-electron chi connectivity index (χ4n) is 2.57. The molecule has 0 saturated heterocycles. The maximum Gasteiger partial charge on any atom is 0.274 e. The third-order valence-corrected chi connectivity index (χ3v) is 4.65. The summed E-state index contributed by atoms with van der Waals surface area (Å²) in [6, 6.07) is 13.1. The van der Waals surface area contributed by atoms with Gasteiger partial charge in [0.1, 0.15) is 5.75 Å². The van der Waals surface area contributed by atoms with Crippen LogP contribution in [-0.4, -0.2) is 26.2 Å². The average molecular weight is 367 g/mol. The van der Waals surface area contributed by atoms with Gasteiger partial charge in [-0.05, 0) is 42.6 Å². The van der Waals surface area contributed by atoms with Crippen molar-refractivity contribution in [2.75, 3.05) is 11.9 Å². The fourth-order valence-corrected chi connectivity index (χ4v) is 3.23. The van der Waals surface area contributed by atoms with Crippen LogP contribution in [0.15, 0.2) is 52.6 Å². The Morgan fingerprint density at radius 3 is 2.81 bits per heavy atom. The molecule has 132 valence electrons. The normalized spacial score (nSPS) is 11.0. The smallest absolute Gasteiger partial charge is 0.274 e. The van der Waals surface area contributed by atoms with E-state index in [9.17, 15) is 4.79 Å². The largest absolute Gasteiger partial charge is 0.494 e. The van der Waals surface area contributed by atoms with Crippen molar-refractivity contribution in [2.45, 2.75) is 13.5 Å². The Labute approximate surface area is 153 Å². The molecular weight excluding hydrogens is 350 g/mol. The van der Waals surface area contributed by atoms with E-state index in [-0.39, 0.29) is 5.56 Å². The number of aromatic nitrogens is 4. The van der Waals surface area contributed by atoms with Crippen molar-refractivity contribution in [1.82, 2.24) is 19.6 Å². The molecule has 0 fully saturated rings. The molecule has 3 aromatic heterocycles. The monoisotopic (exact) mass is 367 g/mol. The van der Waals surface area contributed by atoms with Crippen LogP contribution in [0.3, 0.4) is 0 Å². The molecule has 2 N–H and O–H groups in total. The minimum Gasteiger partial charge on any atom is -0.494 e. The Balaban J connectivity index is 1.54. The Morgan fingerprint density at radius 2 is 2.08 bits per heavy atom. The molecule has 1 aromatic carbocycles. The van der Waals surface area contributed by atoms with Crippen LogP contribution >= 0.6 is 11.3 Å². The van der Waals surface area contributed by atoms with Crippen LogP contribution in [0.5, 0.6) is 5.75 Å². The zero-order valence-electron chi connectivity index (χ0n) is 14.1. The van der Waals surface area contributed by atoms with Gasteiger partial charge >= 0.3 is 0 Å². The van der Waals surface area contributed by atoms with E-state index in [0.29, 0.717) is 30.4 Å². The van der Waals surface area contributed by atoms with Crippen LogP contribution in [0.1, 0.15) is 12.6 Å². The summed E-state index contributed by atoms with van der Waals surface area (Å²) in [6.07, 6.45) is 0. The van der Waals surface area contributed by atoms with Gasteiger partial charge in [-0.15, -0.1) is 11.3 Å². The van der Waals surface area contributed by atoms with Gasteiger partial charge in [-0.2, -0.15) is 9.50 Å². The summed E-state index contributed by atoms with van der Waals surface area (Å²) in [5.74, 6) is 1.83. The van der Waals surface area contributed by atoms with Crippen LogP contribution < -0.4 is 15.6 Å². The van der Waals surface area contributed by atoms with Crippen molar-refractivity contribution in [3.8, 4) is 16.5 Å². The Hall–Kier alpha value is -3.13. The van der Waals surface area contributed by atoms with Gasteiger partial charge in [0.2, 0.25) is 0 Å². The van der Waals surface area contributed by atoms with E-state index in [0.717, 1.165) is 16.3 Å². The molecule has 8 heteroatoms. The van der Waals surface area contributed by atoms with E-state index < -0.39 is 0 Å². The summed E-state index contributed by atoms with van der Waals surface area (Å²) in [5, 5.41) is 8.21. The molecule has 4 aromatic rings. The number of fused-ring (bicyclic) bond motifs is 1. The number of nitrogens with one attached hydrogen (secondary N) is 2. The first-order chi connectivity index (χ1) is 12.7. The average Bonchev–Trinajstić information content (AvgIpc) is 3.31. The minimum absolute atomic E-state index is 0.186. The van der Waals surface area contributed by atoms with Crippen molar-refractivity contribution in [1.29, 1.82) is 0 Å². The van der Waals surface area contributed by atoms with Crippen molar-refractivity contribution < 1.29 is 4.74 Å². The molecule has 0 aliphatic heterocycles. The first-order valence-electron chi connectivity index (χ1n) is 8.22. The van der Waals surface area contributed by atoms with Crippen molar-refractivity contribution >= 4 is 22.8 Å². The standard InChI is InChI=1S/C18H17N5O2S/c1-2-25-14-7-5-12(6-8-14)19-11-13-10-16(24)23-18(20-13)21-17(22-23)15-4-3-9-26-15/h3-10,19H,2,11H2,1H3,(H,20,21,22). The van der Waals surface area contributed by atoms with Gasteiger partial charge in [0.25, 0.3) is 11.3 Å². The first-order valence-corrected chi connectivity index (χ1v) is 9.10. The van der Waals surface area contributed by atoms with Gasteiger partial charge in [-0.1, -0.05) is 6.07 Å². The molecule has 26 heavy (non-hydrogen) atoms. The molecule has 0 unspecified atom stereocenters. The van der Waals surface area contributed by atoms with Crippen molar-refractivity contribution in [3.05, 3.63) is 63.9 Å². The molecule has 0 saturated carbocycles. The summed E-state index contributed by atoms with van der Waals surface area (Å²) >= 11 is 1.55. The van der Waals surface area contributed by atoms with Crippen molar-refractivity contribution in [3.63, 3.8) is 0 Å².